The van der Waals surface area contributed by atoms with Crippen molar-refractivity contribution in [3.05, 3.63) is 64.7 Å². The number of alkyl halides is 1. The lowest BCUT2D eigenvalue weighted by Gasteiger charge is -2.13. The van der Waals surface area contributed by atoms with Crippen LogP contribution in [0, 0.1) is 18.6 Å². The summed E-state index contributed by atoms with van der Waals surface area (Å²) in [5.74, 6) is -0.573. The third-order valence-corrected chi connectivity index (χ3v) is 3.45. The normalized spacial score (nSPS) is 12.3. The van der Waals surface area contributed by atoms with Gasteiger partial charge in [0.05, 0.1) is 12.5 Å². The predicted octanol–water partition coefficient (Wildman–Crippen LogP) is 4.61. The van der Waals surface area contributed by atoms with E-state index in [4.69, 9.17) is 16.3 Å². The summed E-state index contributed by atoms with van der Waals surface area (Å²) in [5, 5.41) is -0.478. The zero-order chi connectivity index (χ0) is 14.0. The summed E-state index contributed by atoms with van der Waals surface area (Å²) < 4.78 is 31.5. The molecule has 0 N–H and O–H groups in total. The highest BCUT2D eigenvalue weighted by Crippen LogP contribution is 2.32. The topological polar surface area (TPSA) is 9.23 Å². The average molecular weight is 283 g/mol. The van der Waals surface area contributed by atoms with Crippen molar-refractivity contribution >= 4 is 11.6 Å². The number of hydrogen-bond donors (Lipinski definition) is 0. The molecule has 100 valence electrons. The summed E-state index contributed by atoms with van der Waals surface area (Å²) in [4.78, 5) is 0. The summed E-state index contributed by atoms with van der Waals surface area (Å²) in [6, 6.07) is 9.12. The maximum Gasteiger partial charge on any atom is 0.165 e. The van der Waals surface area contributed by atoms with Gasteiger partial charge >= 0.3 is 0 Å². The zero-order valence-corrected chi connectivity index (χ0v) is 11.3. The molecule has 2 aromatic rings. The van der Waals surface area contributed by atoms with Gasteiger partial charge in [-0.2, -0.15) is 0 Å². The highest BCUT2D eigenvalue weighted by molar-refractivity contribution is 6.22. The van der Waals surface area contributed by atoms with Crippen LogP contribution < -0.4 is 4.74 Å². The minimum Gasteiger partial charge on any atom is -0.494 e. The summed E-state index contributed by atoms with van der Waals surface area (Å²) in [5.41, 5.74) is 1.98. The minimum atomic E-state index is -0.478. The molecule has 0 spiro atoms. The van der Waals surface area contributed by atoms with E-state index in [1.54, 1.807) is 31.2 Å². The van der Waals surface area contributed by atoms with Gasteiger partial charge in [-0.15, -0.1) is 11.6 Å². The number of hydrogen-bond acceptors (Lipinski definition) is 1. The van der Waals surface area contributed by atoms with Crippen molar-refractivity contribution in [1.82, 2.24) is 0 Å². The SMILES string of the molecule is COc1cc(C(Cl)c2ccc(F)c(C)c2)ccc1F. The van der Waals surface area contributed by atoms with E-state index < -0.39 is 11.2 Å². The molecule has 0 aliphatic carbocycles. The summed E-state index contributed by atoms with van der Waals surface area (Å²) in [6.07, 6.45) is 0. The number of ether oxygens (including phenoxy) is 1. The lowest BCUT2D eigenvalue weighted by Crippen LogP contribution is -1.97. The Morgan fingerprint density at radius 2 is 1.58 bits per heavy atom. The lowest BCUT2D eigenvalue weighted by atomic mass is 10.0. The first-order chi connectivity index (χ1) is 9.02. The zero-order valence-electron chi connectivity index (χ0n) is 10.6. The first-order valence-corrected chi connectivity index (χ1v) is 6.20. The average Bonchev–Trinajstić information content (AvgIpc) is 2.41. The van der Waals surface area contributed by atoms with Crippen LogP contribution in [-0.4, -0.2) is 7.11 Å². The Labute approximate surface area is 115 Å². The number of rotatable bonds is 3. The molecular weight excluding hydrogens is 270 g/mol. The van der Waals surface area contributed by atoms with Crippen LogP contribution in [0.25, 0.3) is 0 Å². The molecule has 0 saturated carbocycles. The van der Waals surface area contributed by atoms with Gasteiger partial charge in [0.15, 0.2) is 11.6 Å². The number of aryl methyl sites for hydroxylation is 1. The van der Waals surface area contributed by atoms with Gasteiger partial charge in [0.2, 0.25) is 0 Å². The standard InChI is InChI=1S/C15H13ClF2O/c1-9-7-10(3-5-12(9)17)15(16)11-4-6-13(18)14(8-11)19-2/h3-8,15H,1-2H3. The fourth-order valence-corrected chi connectivity index (χ4v) is 2.12. The number of benzene rings is 2. The molecule has 1 nitrogen and oxygen atoms in total. The summed E-state index contributed by atoms with van der Waals surface area (Å²) in [7, 11) is 1.40. The molecule has 0 radical (unpaired) electrons. The van der Waals surface area contributed by atoms with Gasteiger partial charge in [-0.25, -0.2) is 8.78 Å². The van der Waals surface area contributed by atoms with Crippen LogP contribution in [0.4, 0.5) is 8.78 Å². The Bertz CT molecular complexity index is 599. The smallest absolute Gasteiger partial charge is 0.165 e. The molecule has 0 bridgehead atoms. The Hall–Kier alpha value is -1.61. The van der Waals surface area contributed by atoms with E-state index in [-0.39, 0.29) is 11.6 Å². The molecule has 0 amide bonds. The first-order valence-electron chi connectivity index (χ1n) is 5.76. The molecule has 19 heavy (non-hydrogen) atoms. The molecule has 0 aromatic heterocycles. The molecule has 2 rings (SSSR count). The Kier molecular flexibility index (Phi) is 4.05. The van der Waals surface area contributed by atoms with Gasteiger partial charge in [0, 0.05) is 0 Å². The van der Waals surface area contributed by atoms with Gasteiger partial charge < -0.3 is 4.74 Å². The third kappa shape index (κ3) is 2.87. The van der Waals surface area contributed by atoms with Crippen molar-refractivity contribution in [2.24, 2.45) is 0 Å². The van der Waals surface area contributed by atoms with E-state index in [1.807, 2.05) is 0 Å². The molecular formula is C15H13ClF2O. The monoisotopic (exact) mass is 282 g/mol. The maximum absolute atomic E-state index is 13.3. The molecule has 0 fully saturated rings. The van der Waals surface area contributed by atoms with E-state index in [2.05, 4.69) is 0 Å². The molecule has 2 aromatic carbocycles. The van der Waals surface area contributed by atoms with Gasteiger partial charge in [0.1, 0.15) is 5.82 Å². The van der Waals surface area contributed by atoms with Crippen LogP contribution in [0.3, 0.4) is 0 Å². The van der Waals surface area contributed by atoms with Gasteiger partial charge in [-0.05, 0) is 41.8 Å². The molecule has 1 atom stereocenters. The molecule has 1 unspecified atom stereocenters. The van der Waals surface area contributed by atoms with Crippen molar-refractivity contribution in [1.29, 1.82) is 0 Å². The Morgan fingerprint density at radius 1 is 1.00 bits per heavy atom. The fraction of sp³-hybridized carbons (Fsp3) is 0.200. The van der Waals surface area contributed by atoms with Crippen LogP contribution in [0.15, 0.2) is 36.4 Å². The lowest BCUT2D eigenvalue weighted by molar-refractivity contribution is 0.386. The highest BCUT2D eigenvalue weighted by atomic mass is 35.5. The van der Waals surface area contributed by atoms with Crippen LogP contribution in [0.1, 0.15) is 22.1 Å². The molecule has 0 aliphatic rings. The van der Waals surface area contributed by atoms with E-state index in [9.17, 15) is 8.78 Å². The van der Waals surface area contributed by atoms with Gasteiger partial charge in [-0.3, -0.25) is 0 Å². The van der Waals surface area contributed by atoms with Crippen molar-refractivity contribution < 1.29 is 13.5 Å². The Morgan fingerprint density at radius 3 is 2.16 bits per heavy atom. The maximum atomic E-state index is 13.3. The second-order valence-corrected chi connectivity index (χ2v) is 4.70. The largest absolute Gasteiger partial charge is 0.494 e. The minimum absolute atomic E-state index is 0.141. The Balaban J connectivity index is 2.37. The van der Waals surface area contributed by atoms with E-state index in [1.165, 1.54) is 19.2 Å². The highest BCUT2D eigenvalue weighted by Gasteiger charge is 2.14. The van der Waals surface area contributed by atoms with E-state index in [0.29, 0.717) is 11.1 Å². The molecule has 0 aliphatic heterocycles. The molecule has 0 heterocycles. The summed E-state index contributed by atoms with van der Waals surface area (Å²) >= 11 is 6.34. The number of methoxy groups -OCH3 is 1. The summed E-state index contributed by atoms with van der Waals surface area (Å²) in [6.45, 7) is 1.67. The fourth-order valence-electron chi connectivity index (χ4n) is 1.85. The first kappa shape index (κ1) is 13.8. The number of halogens is 3. The van der Waals surface area contributed by atoms with Gasteiger partial charge in [0.25, 0.3) is 0 Å². The van der Waals surface area contributed by atoms with Crippen molar-refractivity contribution in [3.8, 4) is 5.75 Å². The van der Waals surface area contributed by atoms with Crippen LogP contribution >= 0.6 is 11.6 Å². The predicted molar refractivity (Wildman–Crippen MR) is 71.8 cm³/mol. The van der Waals surface area contributed by atoms with Crippen LogP contribution in [0.2, 0.25) is 0 Å². The quantitative estimate of drug-likeness (QED) is 0.747. The van der Waals surface area contributed by atoms with E-state index >= 15 is 0 Å². The van der Waals surface area contributed by atoms with Gasteiger partial charge in [-0.1, -0.05) is 18.2 Å². The second kappa shape index (κ2) is 5.57. The second-order valence-electron chi connectivity index (χ2n) is 4.27. The van der Waals surface area contributed by atoms with E-state index in [0.717, 1.165) is 5.56 Å². The van der Waals surface area contributed by atoms with Crippen LogP contribution in [-0.2, 0) is 0 Å². The third-order valence-electron chi connectivity index (χ3n) is 2.94. The van der Waals surface area contributed by atoms with Crippen molar-refractivity contribution in [3.63, 3.8) is 0 Å². The molecule has 4 heteroatoms. The van der Waals surface area contributed by atoms with Crippen molar-refractivity contribution in [2.75, 3.05) is 7.11 Å². The molecule has 0 saturated heterocycles. The van der Waals surface area contributed by atoms with Crippen LogP contribution in [0.5, 0.6) is 5.75 Å². The van der Waals surface area contributed by atoms with Crippen molar-refractivity contribution in [2.45, 2.75) is 12.3 Å².